The van der Waals surface area contributed by atoms with E-state index in [1.165, 1.54) is 0 Å². The Balaban J connectivity index is -0.000000000120. The van der Waals surface area contributed by atoms with Gasteiger partial charge in [-0.2, -0.15) is 6.07 Å². The molecule has 0 aromatic carbocycles. The average molecular weight is 13700 g/mol. The molecule has 1 aromatic rings. The van der Waals surface area contributed by atoms with Gasteiger partial charge in [-0.15, -0.1) is 6.07 Å². The Morgan fingerprint density at radius 2 is 0.244 bits per heavy atom. The molecule has 82 heavy (non-hydrogen) atoms. The van der Waals surface area contributed by atoms with E-state index in [0.717, 1.165) is 5.69 Å². The van der Waals surface area contributed by atoms with Crippen LogP contribution in [0.15, 0.2) is 18.3 Å². The van der Waals surface area contributed by atoms with Gasteiger partial charge in [0.1, 0.15) is 7.05 Å². The van der Waals surface area contributed by atoms with E-state index in [2.05, 4.69) is 6.07 Å². The van der Waals surface area contributed by atoms with Crippen molar-refractivity contribution in [3.05, 3.63) is 30.1 Å². The van der Waals surface area contributed by atoms with Gasteiger partial charge in [-0.05, 0) is 0 Å². The van der Waals surface area contributed by atoms with E-state index in [0.29, 0.717) is 0 Å². The molecule has 0 aliphatic carbocycles. The molecule has 0 saturated heterocycles. The smallest absolute Gasteiger partial charge is 0.135 e. The van der Waals surface area contributed by atoms with Crippen molar-refractivity contribution in [1.82, 2.24) is 0 Å². The first kappa shape index (κ1) is 673. The Kier molecular flexibility index (Phi) is 5040. The summed E-state index contributed by atoms with van der Waals surface area (Å²) in [6.45, 7) is 2.03. The molecule has 0 amide bonds. The second kappa shape index (κ2) is 614. The summed E-state index contributed by atoms with van der Waals surface area (Å²) in [5.74, 6) is 0. The zero-order valence-electron chi connectivity index (χ0n) is 35.4. The van der Waals surface area contributed by atoms with Gasteiger partial charge in [0.25, 0.3) is 0 Å². The maximum Gasteiger partial charge on any atom is 0.135 e. The van der Waals surface area contributed by atoms with Crippen LogP contribution in [0.1, 0.15) is 5.69 Å². The molecule has 0 N–H and O–H groups in total. The predicted octanol–water partition coefficient (Wildman–Crippen LogP) is 0.435. The molecule has 0 unspecified atom stereocenters. The summed E-state index contributed by atoms with van der Waals surface area (Å²) >= 11 is 0. The van der Waals surface area contributed by atoms with Crippen LogP contribution < -0.4 is 4.57 Å². The van der Waals surface area contributed by atoms with Gasteiger partial charge in [0.15, 0.2) is 0 Å². The van der Waals surface area contributed by atoms with Crippen molar-refractivity contribution >= 4 is 0 Å². The second-order valence-electron chi connectivity index (χ2n) is 1.85. The van der Waals surface area contributed by atoms with E-state index in [9.17, 15) is 0 Å². The van der Waals surface area contributed by atoms with Crippen molar-refractivity contribution < 1.29 is 1560 Å². The molecule has 75 heteroatoms. The molecule has 0 atom stereocenters. The van der Waals surface area contributed by atoms with Crippen molar-refractivity contribution in [3.63, 3.8) is 0 Å². The van der Waals surface area contributed by atoms with Crippen LogP contribution >= 0.6 is 0 Å². The predicted molar refractivity (Wildman–Crippen MR) is 31.2 cm³/mol. The molecule has 1 rings (SSSR count). The fourth-order valence-corrected chi connectivity index (χ4v) is 0.554. The van der Waals surface area contributed by atoms with E-state index >= 15 is 0 Å². The molecular formula is C7H9NW74. The Morgan fingerprint density at radius 3 is 0.280 bits per heavy atom. The quantitative estimate of drug-likeness (QED) is 0.263. The number of rotatable bonds is 0. The van der Waals surface area contributed by atoms with Crippen LogP contribution in [0.25, 0.3) is 0 Å². The van der Waals surface area contributed by atoms with E-state index in [4.69, 9.17) is 0 Å². The van der Waals surface area contributed by atoms with Crippen LogP contribution in [0.3, 0.4) is 0 Å². The van der Waals surface area contributed by atoms with Crippen LogP contribution in [-0.4, -0.2) is 0 Å². The number of aryl methyl sites for hydroxylation is 2. The van der Waals surface area contributed by atoms with E-state index in [-0.39, 0.29) is 1560 Å². The van der Waals surface area contributed by atoms with Gasteiger partial charge in [-0.25, -0.2) is 10.6 Å². The number of hydrogen-bond acceptors (Lipinski definition) is 0. The minimum absolute atomic E-state index is 0. The zero-order valence-corrected chi connectivity index (χ0v) is 252. The SMILES string of the molecule is Cc1[c-]ccc[n+]1C.[W].[W].[W].[W].[W].[W].[W].[W].[W].[W].[W].[W].[W].[W].[W].[W].[W].[W].[W].[W].[W].[W].[W].[W].[W].[W].[W].[W].[W].[W].[W].[W].[W].[W].[W].[W].[W].[W].[W].[W].[W].[W].[W].[W].[W].[W].[W].[W].[W].[W].[W].[W].[W].[W].[W].[W].[W].[W].[W].[W].[W].[W].[W].[W].[W].[W].[W].[W].[W].[W].[W].[W].[W].[W]. The van der Waals surface area contributed by atoms with Crippen LogP contribution in [0, 0.1) is 13.0 Å². The normalized spacial score (nSPS) is 0.902. The largest absolute Gasteiger partial charge is 0.239 e. The average Bonchev–Trinajstić information content (AvgIpc) is 1.77. The van der Waals surface area contributed by atoms with Crippen LogP contribution in [-0.2, 0) is 1570 Å². The van der Waals surface area contributed by atoms with Crippen LogP contribution in [0.2, 0.25) is 0 Å². The minimum atomic E-state index is 0. The van der Waals surface area contributed by atoms with Gasteiger partial charge in [0.05, 0.1) is 11.9 Å². The molecule has 0 aliphatic rings. The molecule has 0 bridgehead atoms. The van der Waals surface area contributed by atoms with Crippen LogP contribution in [0.5, 0.6) is 0 Å². The maximum absolute atomic E-state index is 3.06. The van der Waals surface area contributed by atoms with Gasteiger partial charge in [-0.1, -0.05) is 0 Å². The van der Waals surface area contributed by atoms with Gasteiger partial charge in [0, 0.05) is 1570 Å². The van der Waals surface area contributed by atoms with Gasteiger partial charge in [0.2, 0.25) is 0 Å². The van der Waals surface area contributed by atoms with E-state index < -0.39 is 0 Å². The number of hydrogen-bond donors (Lipinski definition) is 0. The summed E-state index contributed by atoms with van der Waals surface area (Å²) in [6, 6.07) is 6.94. The third-order valence-corrected chi connectivity index (χ3v) is 1.23. The molecule has 0 saturated carbocycles. The van der Waals surface area contributed by atoms with Crippen molar-refractivity contribution in [3.8, 4) is 0 Å². The monoisotopic (exact) mass is 13700 g/mol. The fraction of sp³-hybridized carbons (Fsp3) is 0.286. The standard InChI is InChI=1S/C7H9N.74W/c1-7-5-3-4-6-8(7)2;;;;;;;;;;;;;;;;;;;;;;;;;;;;;;;;;;;;;;;;;;;;;;;;;;;;;;;;;;;;;;;;;;;;;;;;;;/h3-4,6H,1-2H3;;;;;;;;;;;;;;;;;;;;;;;;;;;;;;;;;;;;;;;;;;;;;;;;;;;;;;;;;;;;;;;;;;;;;;;;;;. The molecule has 1 heterocycles. The van der Waals surface area contributed by atoms with Crippen molar-refractivity contribution in [2.24, 2.45) is 7.05 Å². The van der Waals surface area contributed by atoms with Crippen molar-refractivity contribution in [1.29, 1.82) is 0 Å². The third-order valence-electron chi connectivity index (χ3n) is 1.23. The molecule has 486 valence electrons. The van der Waals surface area contributed by atoms with E-state index in [1.54, 1.807) is 0 Å². The van der Waals surface area contributed by atoms with Gasteiger partial charge < -0.3 is 0 Å². The Bertz CT molecular complexity index is 198. The summed E-state index contributed by atoms with van der Waals surface area (Å²) in [5, 5.41) is 0. The Labute approximate surface area is 1560 Å². The van der Waals surface area contributed by atoms with E-state index in [1.807, 2.05) is 36.9 Å². The first-order valence-electron chi connectivity index (χ1n) is 2.63. The first-order chi connectivity index (χ1) is 3.80. The maximum atomic E-state index is 3.06. The Hall–Kier alpha value is 50.1. The molecule has 0 fully saturated rings. The fourth-order valence-electron chi connectivity index (χ4n) is 0.554. The molecule has 0 spiro atoms. The summed E-state index contributed by atoms with van der Waals surface area (Å²) in [6.07, 6.45) is 2.01. The molecular weight excluding hydrogens is 13700 g/mol. The second-order valence-corrected chi connectivity index (χ2v) is 1.85. The Morgan fingerprint density at radius 1 is 0.171 bits per heavy atom. The van der Waals surface area contributed by atoms with Gasteiger partial charge in [-0.3, -0.25) is 0 Å². The number of nitrogens with zero attached hydrogens (tertiary/aromatic N) is 1. The minimum Gasteiger partial charge on any atom is -0.239 e. The third kappa shape index (κ3) is 581. The summed E-state index contributed by atoms with van der Waals surface area (Å²) in [4.78, 5) is 0. The molecule has 0 aliphatic heterocycles. The zero-order chi connectivity index (χ0) is 5.98. The molecule has 1 aromatic heterocycles. The van der Waals surface area contributed by atoms with Crippen molar-refractivity contribution in [2.45, 2.75) is 6.92 Å². The summed E-state index contributed by atoms with van der Waals surface area (Å²) < 4.78 is 2.03. The topological polar surface area (TPSA) is 3.88 Å². The summed E-state index contributed by atoms with van der Waals surface area (Å²) in [5.41, 5.74) is 1.16. The van der Waals surface area contributed by atoms with Gasteiger partial charge >= 0.3 is 0 Å². The molecule has 0 radical (unpaired) electrons. The summed E-state index contributed by atoms with van der Waals surface area (Å²) in [7, 11) is 2.01. The number of aromatic nitrogens is 1. The first-order valence-corrected chi connectivity index (χ1v) is 2.63. The van der Waals surface area contributed by atoms with Crippen molar-refractivity contribution in [2.75, 3.05) is 0 Å². The molecule has 1 nitrogen and oxygen atoms in total. The van der Waals surface area contributed by atoms with Crippen LogP contribution in [0.4, 0.5) is 0 Å². The number of pyridine rings is 1.